The van der Waals surface area contributed by atoms with E-state index in [1.54, 1.807) is 6.07 Å². The van der Waals surface area contributed by atoms with Crippen LogP contribution in [0.15, 0.2) is 60.7 Å². The van der Waals surface area contributed by atoms with Crippen molar-refractivity contribution >= 4 is 32.3 Å². The van der Waals surface area contributed by atoms with Crippen LogP contribution in [0, 0.1) is 0 Å². The molecule has 0 bridgehead atoms. The SMILES string of the molecule is CC(C)(O)c1cccc2c1ccc1c3cccc(O)c3ccc21. The lowest BCUT2D eigenvalue weighted by molar-refractivity contribution is 0.0802. The highest BCUT2D eigenvalue weighted by atomic mass is 16.3. The summed E-state index contributed by atoms with van der Waals surface area (Å²) in [7, 11) is 0. The van der Waals surface area contributed by atoms with Crippen molar-refractivity contribution in [1.29, 1.82) is 0 Å². The van der Waals surface area contributed by atoms with Crippen LogP contribution in [0.3, 0.4) is 0 Å². The van der Waals surface area contributed by atoms with Crippen LogP contribution in [0.5, 0.6) is 5.75 Å². The van der Waals surface area contributed by atoms with Crippen LogP contribution in [-0.4, -0.2) is 10.2 Å². The van der Waals surface area contributed by atoms with Crippen molar-refractivity contribution in [2.45, 2.75) is 19.4 Å². The first kappa shape index (κ1) is 14.0. The third kappa shape index (κ3) is 2.07. The highest BCUT2D eigenvalue weighted by Gasteiger charge is 2.19. The molecule has 0 aromatic heterocycles. The topological polar surface area (TPSA) is 40.5 Å². The van der Waals surface area contributed by atoms with Gasteiger partial charge in [-0.3, -0.25) is 0 Å². The molecule has 0 aliphatic heterocycles. The number of benzene rings is 4. The second-order valence-electron chi connectivity index (χ2n) is 6.56. The average molecular weight is 302 g/mol. The van der Waals surface area contributed by atoms with Crippen LogP contribution >= 0.6 is 0 Å². The van der Waals surface area contributed by atoms with Gasteiger partial charge in [-0.25, -0.2) is 0 Å². The summed E-state index contributed by atoms with van der Waals surface area (Å²) in [4.78, 5) is 0. The minimum absolute atomic E-state index is 0.301. The van der Waals surface area contributed by atoms with E-state index in [-0.39, 0.29) is 0 Å². The number of phenolic OH excluding ortho intramolecular Hbond substituents is 1. The van der Waals surface area contributed by atoms with Gasteiger partial charge in [-0.2, -0.15) is 0 Å². The van der Waals surface area contributed by atoms with E-state index in [9.17, 15) is 10.2 Å². The molecular formula is C21H18O2. The van der Waals surface area contributed by atoms with Gasteiger partial charge in [0, 0.05) is 5.39 Å². The average Bonchev–Trinajstić information content (AvgIpc) is 2.53. The number of hydrogen-bond acceptors (Lipinski definition) is 2. The van der Waals surface area contributed by atoms with Gasteiger partial charge >= 0.3 is 0 Å². The van der Waals surface area contributed by atoms with E-state index < -0.39 is 5.60 Å². The Balaban J connectivity index is 2.19. The van der Waals surface area contributed by atoms with Gasteiger partial charge < -0.3 is 10.2 Å². The molecule has 0 aliphatic carbocycles. The highest BCUT2D eigenvalue weighted by Crippen LogP contribution is 2.37. The van der Waals surface area contributed by atoms with Gasteiger partial charge in [0.25, 0.3) is 0 Å². The number of phenols is 1. The summed E-state index contributed by atoms with van der Waals surface area (Å²) in [5, 5.41) is 26.8. The van der Waals surface area contributed by atoms with Gasteiger partial charge in [-0.1, -0.05) is 54.6 Å². The Morgan fingerprint density at radius 3 is 1.74 bits per heavy atom. The van der Waals surface area contributed by atoms with Gasteiger partial charge in [0.15, 0.2) is 0 Å². The lowest BCUT2D eigenvalue weighted by atomic mass is 9.89. The molecule has 0 fully saturated rings. The van der Waals surface area contributed by atoms with Crippen molar-refractivity contribution in [1.82, 2.24) is 0 Å². The molecule has 0 amide bonds. The number of hydrogen-bond donors (Lipinski definition) is 2. The highest BCUT2D eigenvalue weighted by molar-refractivity contribution is 6.18. The van der Waals surface area contributed by atoms with Crippen molar-refractivity contribution < 1.29 is 10.2 Å². The Hall–Kier alpha value is -2.58. The van der Waals surface area contributed by atoms with Crippen molar-refractivity contribution in [2.24, 2.45) is 0 Å². The first-order chi connectivity index (χ1) is 11.0. The van der Waals surface area contributed by atoms with E-state index in [1.807, 2.05) is 50.2 Å². The normalized spacial score (nSPS) is 12.3. The molecule has 0 aliphatic rings. The molecule has 0 radical (unpaired) electrons. The van der Waals surface area contributed by atoms with Crippen LogP contribution in [0.4, 0.5) is 0 Å². The number of aliphatic hydroxyl groups is 1. The summed E-state index contributed by atoms with van der Waals surface area (Å²) in [6, 6.07) is 19.8. The zero-order valence-electron chi connectivity index (χ0n) is 13.2. The molecule has 0 atom stereocenters. The monoisotopic (exact) mass is 302 g/mol. The number of aromatic hydroxyl groups is 1. The fourth-order valence-electron chi connectivity index (χ4n) is 3.46. The summed E-state index contributed by atoms with van der Waals surface area (Å²) in [6.07, 6.45) is 0. The Labute approximate surface area is 134 Å². The molecule has 4 aromatic carbocycles. The molecule has 114 valence electrons. The van der Waals surface area contributed by atoms with Gasteiger partial charge in [0.2, 0.25) is 0 Å². The Kier molecular flexibility index (Phi) is 2.87. The largest absolute Gasteiger partial charge is 0.507 e. The molecule has 4 rings (SSSR count). The fourth-order valence-corrected chi connectivity index (χ4v) is 3.46. The van der Waals surface area contributed by atoms with Gasteiger partial charge in [-0.05, 0) is 52.4 Å². The van der Waals surface area contributed by atoms with Crippen molar-refractivity contribution in [3.05, 3.63) is 66.2 Å². The third-order valence-electron chi connectivity index (χ3n) is 4.55. The van der Waals surface area contributed by atoms with Gasteiger partial charge in [-0.15, -0.1) is 0 Å². The van der Waals surface area contributed by atoms with E-state index in [1.165, 1.54) is 0 Å². The maximum Gasteiger partial charge on any atom is 0.123 e. The standard InChI is InChI=1S/C21H18O2/c1-21(2,23)19-7-3-5-13-15-10-12-18-14(6-4-8-20(18)22)16(15)9-11-17(13)19/h3-12,22-23H,1-2H3. The molecule has 2 heteroatoms. The van der Waals surface area contributed by atoms with Crippen LogP contribution in [0.25, 0.3) is 32.3 Å². The number of rotatable bonds is 1. The smallest absolute Gasteiger partial charge is 0.123 e. The zero-order chi connectivity index (χ0) is 16.2. The molecule has 0 heterocycles. The first-order valence-electron chi connectivity index (χ1n) is 7.76. The molecule has 4 aromatic rings. The molecular weight excluding hydrogens is 284 g/mol. The first-order valence-corrected chi connectivity index (χ1v) is 7.76. The summed E-state index contributed by atoms with van der Waals surface area (Å²) < 4.78 is 0. The minimum Gasteiger partial charge on any atom is -0.507 e. The lowest BCUT2D eigenvalue weighted by Gasteiger charge is -2.21. The second kappa shape index (κ2) is 4.71. The van der Waals surface area contributed by atoms with E-state index in [2.05, 4.69) is 18.2 Å². The summed E-state index contributed by atoms with van der Waals surface area (Å²) >= 11 is 0. The molecule has 0 spiro atoms. The summed E-state index contributed by atoms with van der Waals surface area (Å²) in [5.74, 6) is 0.301. The molecule has 0 saturated carbocycles. The van der Waals surface area contributed by atoms with Crippen LogP contribution < -0.4 is 0 Å². The van der Waals surface area contributed by atoms with Crippen LogP contribution in [0.1, 0.15) is 19.4 Å². The molecule has 2 nitrogen and oxygen atoms in total. The Morgan fingerprint density at radius 1 is 0.609 bits per heavy atom. The van der Waals surface area contributed by atoms with E-state index in [4.69, 9.17) is 0 Å². The zero-order valence-corrected chi connectivity index (χ0v) is 13.2. The quantitative estimate of drug-likeness (QED) is 0.481. The Morgan fingerprint density at radius 2 is 1.09 bits per heavy atom. The van der Waals surface area contributed by atoms with E-state index >= 15 is 0 Å². The fraction of sp³-hybridized carbons (Fsp3) is 0.143. The maximum atomic E-state index is 10.4. The molecule has 0 unspecified atom stereocenters. The van der Waals surface area contributed by atoms with Gasteiger partial charge in [0.1, 0.15) is 5.75 Å². The predicted octanol–water partition coefficient (Wildman–Crippen LogP) is 5.08. The minimum atomic E-state index is -0.887. The molecule has 23 heavy (non-hydrogen) atoms. The van der Waals surface area contributed by atoms with Crippen molar-refractivity contribution in [2.75, 3.05) is 0 Å². The van der Waals surface area contributed by atoms with Crippen molar-refractivity contribution in [3.63, 3.8) is 0 Å². The Bertz CT molecular complexity index is 1060. The van der Waals surface area contributed by atoms with Crippen LogP contribution in [-0.2, 0) is 5.60 Å². The second-order valence-corrected chi connectivity index (χ2v) is 6.56. The van der Waals surface area contributed by atoms with Crippen molar-refractivity contribution in [3.8, 4) is 5.75 Å². The molecule has 0 saturated heterocycles. The third-order valence-corrected chi connectivity index (χ3v) is 4.55. The van der Waals surface area contributed by atoms with E-state index in [0.29, 0.717) is 5.75 Å². The van der Waals surface area contributed by atoms with Gasteiger partial charge in [0.05, 0.1) is 5.60 Å². The van der Waals surface area contributed by atoms with E-state index in [0.717, 1.165) is 37.9 Å². The predicted molar refractivity (Wildman–Crippen MR) is 95.9 cm³/mol. The summed E-state index contributed by atoms with van der Waals surface area (Å²) in [6.45, 7) is 3.62. The maximum absolute atomic E-state index is 10.4. The number of fused-ring (bicyclic) bond motifs is 5. The van der Waals surface area contributed by atoms with Crippen LogP contribution in [0.2, 0.25) is 0 Å². The summed E-state index contributed by atoms with van der Waals surface area (Å²) in [5.41, 5.74) is 0.0374. The lowest BCUT2D eigenvalue weighted by Crippen LogP contribution is -2.15. The molecule has 2 N–H and O–H groups in total.